The van der Waals surface area contributed by atoms with E-state index in [-0.39, 0.29) is 0 Å². The van der Waals surface area contributed by atoms with Crippen molar-refractivity contribution >= 4 is 27.4 Å². The van der Waals surface area contributed by atoms with E-state index < -0.39 is 0 Å². The summed E-state index contributed by atoms with van der Waals surface area (Å²) >= 11 is 1.72. The summed E-state index contributed by atoms with van der Waals surface area (Å²) in [4.78, 5) is 15.6. The van der Waals surface area contributed by atoms with E-state index in [0.717, 1.165) is 48.9 Å². The summed E-state index contributed by atoms with van der Waals surface area (Å²) in [6.07, 6.45) is 6.08. The van der Waals surface area contributed by atoms with Gasteiger partial charge in [-0.2, -0.15) is 5.10 Å². The first-order chi connectivity index (χ1) is 14.7. The quantitative estimate of drug-likeness (QED) is 0.479. The number of thiophene rings is 1. The fourth-order valence-corrected chi connectivity index (χ4v) is 5.18. The van der Waals surface area contributed by atoms with Crippen molar-refractivity contribution in [2.75, 3.05) is 32.1 Å². The van der Waals surface area contributed by atoms with Gasteiger partial charge in [0, 0.05) is 36.4 Å². The second-order valence-corrected chi connectivity index (χ2v) is 8.96. The molecule has 1 aliphatic heterocycles. The van der Waals surface area contributed by atoms with E-state index in [9.17, 15) is 0 Å². The molecule has 154 valence electrons. The molecule has 0 aliphatic carbocycles. The van der Waals surface area contributed by atoms with Gasteiger partial charge >= 0.3 is 0 Å². The molecule has 0 saturated carbocycles. The molecule has 3 aromatic heterocycles. The first-order valence-corrected chi connectivity index (χ1v) is 11.3. The third-order valence-corrected chi connectivity index (χ3v) is 6.54. The van der Waals surface area contributed by atoms with Crippen molar-refractivity contribution in [2.24, 2.45) is 0 Å². The Morgan fingerprint density at radius 1 is 1.07 bits per heavy atom. The predicted octanol–water partition coefficient (Wildman–Crippen LogP) is 4.46. The molecule has 4 aromatic rings. The highest BCUT2D eigenvalue weighted by Crippen LogP contribution is 2.39. The SMILES string of the molecule is CN(C)Cc1nc(N2CCC(n3cccn3)CC2)c2c(-c3ccccc3)csc2n1. The molecule has 1 aliphatic rings. The number of hydrogen-bond donors (Lipinski definition) is 0. The van der Waals surface area contributed by atoms with Crippen LogP contribution in [0.3, 0.4) is 0 Å². The molecule has 1 fully saturated rings. The van der Waals surface area contributed by atoms with Crippen molar-refractivity contribution in [1.82, 2.24) is 24.6 Å². The van der Waals surface area contributed by atoms with Gasteiger partial charge in [0.2, 0.25) is 0 Å². The molecule has 0 N–H and O–H groups in total. The number of piperidine rings is 1. The van der Waals surface area contributed by atoms with Gasteiger partial charge in [-0.05, 0) is 38.6 Å². The average molecular weight is 419 g/mol. The lowest BCUT2D eigenvalue weighted by Gasteiger charge is -2.33. The van der Waals surface area contributed by atoms with Crippen LogP contribution in [-0.2, 0) is 6.54 Å². The fourth-order valence-electron chi connectivity index (χ4n) is 4.22. The molecule has 0 atom stereocenters. The van der Waals surface area contributed by atoms with Gasteiger partial charge < -0.3 is 9.80 Å². The van der Waals surface area contributed by atoms with Crippen LogP contribution in [0.5, 0.6) is 0 Å². The minimum Gasteiger partial charge on any atom is -0.356 e. The van der Waals surface area contributed by atoms with Crippen molar-refractivity contribution in [3.05, 3.63) is 60.0 Å². The molecule has 5 rings (SSSR count). The molecule has 0 radical (unpaired) electrons. The fraction of sp³-hybridized carbons (Fsp3) is 0.348. The number of nitrogens with zero attached hydrogens (tertiary/aromatic N) is 6. The van der Waals surface area contributed by atoms with Crippen LogP contribution in [0, 0.1) is 0 Å². The van der Waals surface area contributed by atoms with E-state index >= 15 is 0 Å². The first-order valence-electron chi connectivity index (χ1n) is 10.4. The number of anilines is 1. The zero-order valence-electron chi connectivity index (χ0n) is 17.4. The average Bonchev–Trinajstić information content (AvgIpc) is 3.44. The van der Waals surface area contributed by atoms with Gasteiger partial charge in [0.1, 0.15) is 16.5 Å². The first kappa shape index (κ1) is 19.2. The van der Waals surface area contributed by atoms with Gasteiger partial charge in [0.05, 0.1) is 18.0 Å². The topological polar surface area (TPSA) is 50.1 Å². The van der Waals surface area contributed by atoms with Crippen molar-refractivity contribution in [3.63, 3.8) is 0 Å². The Kier molecular flexibility index (Phi) is 5.23. The minimum atomic E-state index is 0.464. The highest BCUT2D eigenvalue weighted by atomic mass is 32.1. The summed E-state index contributed by atoms with van der Waals surface area (Å²) in [6, 6.07) is 13.1. The molecule has 1 aromatic carbocycles. The van der Waals surface area contributed by atoms with Gasteiger partial charge in [0.25, 0.3) is 0 Å². The summed E-state index contributed by atoms with van der Waals surface area (Å²) in [6.45, 7) is 2.69. The Labute approximate surface area is 180 Å². The van der Waals surface area contributed by atoms with Crippen LogP contribution in [0.15, 0.2) is 54.2 Å². The largest absolute Gasteiger partial charge is 0.356 e. The van der Waals surface area contributed by atoms with Crippen LogP contribution in [0.1, 0.15) is 24.7 Å². The summed E-state index contributed by atoms with van der Waals surface area (Å²) in [5.74, 6) is 1.97. The number of benzene rings is 1. The van der Waals surface area contributed by atoms with E-state index in [2.05, 4.69) is 75.6 Å². The molecule has 0 bridgehead atoms. The molecule has 30 heavy (non-hydrogen) atoms. The smallest absolute Gasteiger partial charge is 0.146 e. The van der Waals surface area contributed by atoms with Crippen LogP contribution < -0.4 is 4.90 Å². The molecule has 0 unspecified atom stereocenters. The summed E-state index contributed by atoms with van der Waals surface area (Å²) in [5.41, 5.74) is 2.46. The number of fused-ring (bicyclic) bond motifs is 1. The lowest BCUT2D eigenvalue weighted by atomic mass is 10.0. The highest BCUT2D eigenvalue weighted by Gasteiger charge is 2.25. The van der Waals surface area contributed by atoms with Gasteiger partial charge in [0.15, 0.2) is 0 Å². The number of hydrogen-bond acceptors (Lipinski definition) is 6. The van der Waals surface area contributed by atoms with Gasteiger partial charge in [-0.3, -0.25) is 4.68 Å². The maximum atomic E-state index is 5.07. The summed E-state index contributed by atoms with van der Waals surface area (Å²) in [7, 11) is 4.12. The molecular formula is C23H26N6S. The third-order valence-electron chi connectivity index (χ3n) is 5.67. The monoisotopic (exact) mass is 418 g/mol. The van der Waals surface area contributed by atoms with E-state index in [1.165, 1.54) is 16.5 Å². The lowest BCUT2D eigenvalue weighted by molar-refractivity contribution is 0.365. The van der Waals surface area contributed by atoms with Gasteiger partial charge in [-0.1, -0.05) is 30.3 Å². The molecular weight excluding hydrogens is 392 g/mol. The maximum Gasteiger partial charge on any atom is 0.146 e. The van der Waals surface area contributed by atoms with Crippen molar-refractivity contribution in [2.45, 2.75) is 25.4 Å². The Bertz CT molecular complexity index is 1110. The predicted molar refractivity (Wildman–Crippen MR) is 123 cm³/mol. The zero-order valence-corrected chi connectivity index (χ0v) is 18.2. The Balaban J connectivity index is 1.54. The van der Waals surface area contributed by atoms with E-state index in [1.807, 2.05) is 12.3 Å². The number of aromatic nitrogens is 4. The van der Waals surface area contributed by atoms with Crippen LogP contribution in [-0.4, -0.2) is 51.8 Å². The summed E-state index contributed by atoms with van der Waals surface area (Å²) < 4.78 is 2.10. The van der Waals surface area contributed by atoms with E-state index in [0.29, 0.717) is 6.04 Å². The molecule has 6 nitrogen and oxygen atoms in total. The Morgan fingerprint density at radius 2 is 1.87 bits per heavy atom. The number of rotatable bonds is 5. The van der Waals surface area contributed by atoms with Crippen LogP contribution >= 0.6 is 11.3 Å². The normalized spacial score (nSPS) is 15.4. The van der Waals surface area contributed by atoms with Crippen LogP contribution in [0.4, 0.5) is 5.82 Å². The molecule has 1 saturated heterocycles. The molecule has 7 heteroatoms. The van der Waals surface area contributed by atoms with Crippen molar-refractivity contribution in [3.8, 4) is 11.1 Å². The minimum absolute atomic E-state index is 0.464. The lowest BCUT2D eigenvalue weighted by Crippen LogP contribution is -2.35. The second-order valence-electron chi connectivity index (χ2n) is 8.10. The van der Waals surface area contributed by atoms with E-state index in [1.54, 1.807) is 11.3 Å². The van der Waals surface area contributed by atoms with Gasteiger partial charge in [-0.15, -0.1) is 11.3 Å². The second kappa shape index (κ2) is 8.16. The summed E-state index contributed by atoms with van der Waals surface area (Å²) in [5, 5.41) is 7.87. The van der Waals surface area contributed by atoms with E-state index in [4.69, 9.17) is 9.97 Å². The molecule has 0 spiro atoms. The Morgan fingerprint density at radius 3 is 2.57 bits per heavy atom. The van der Waals surface area contributed by atoms with Crippen molar-refractivity contribution < 1.29 is 0 Å². The van der Waals surface area contributed by atoms with Crippen LogP contribution in [0.2, 0.25) is 0 Å². The standard InChI is InChI=1S/C23H26N6S/c1-27(2)15-20-25-22(28-13-9-18(10-14-28)29-12-6-11-24-29)21-19(16-30-23(21)26-20)17-7-4-3-5-8-17/h3-8,11-12,16,18H,9-10,13-15H2,1-2H3. The van der Waals surface area contributed by atoms with Gasteiger partial charge in [-0.25, -0.2) is 9.97 Å². The molecule has 0 amide bonds. The Hall–Kier alpha value is -2.77. The van der Waals surface area contributed by atoms with Crippen LogP contribution in [0.25, 0.3) is 21.3 Å². The maximum absolute atomic E-state index is 5.07. The van der Waals surface area contributed by atoms with Crippen molar-refractivity contribution in [1.29, 1.82) is 0 Å². The molecule has 4 heterocycles. The highest BCUT2D eigenvalue weighted by molar-refractivity contribution is 7.17. The zero-order chi connectivity index (χ0) is 20.5. The third kappa shape index (κ3) is 3.70.